The van der Waals surface area contributed by atoms with Gasteiger partial charge < -0.3 is 0 Å². The second-order valence-electron chi connectivity index (χ2n) is 4.71. The van der Waals surface area contributed by atoms with E-state index >= 15 is 0 Å². The summed E-state index contributed by atoms with van der Waals surface area (Å²) >= 11 is 5.51. The molecule has 1 saturated carbocycles. The van der Waals surface area contributed by atoms with Crippen LogP contribution in [0.25, 0.3) is 0 Å². The smallest absolute Gasteiger partial charge is 0.0342 e. The summed E-state index contributed by atoms with van der Waals surface area (Å²) in [4.78, 5) is 4.20. The molecule has 0 aromatic carbocycles. The molecule has 2 heterocycles. The summed E-state index contributed by atoms with van der Waals surface area (Å²) in [6.07, 6.45) is 5.81. The van der Waals surface area contributed by atoms with E-state index in [0.717, 1.165) is 12.0 Å². The molecule has 2 aliphatic rings. The SMILES string of the molecule is Brc1ccsc1CN1CCC2CCCC21. The molecule has 0 N–H and O–H groups in total. The van der Waals surface area contributed by atoms with Crippen molar-refractivity contribution in [2.45, 2.75) is 38.3 Å². The Morgan fingerprint density at radius 1 is 1.40 bits per heavy atom. The summed E-state index contributed by atoms with van der Waals surface area (Å²) in [5, 5.41) is 2.18. The summed E-state index contributed by atoms with van der Waals surface area (Å²) in [6, 6.07) is 3.07. The van der Waals surface area contributed by atoms with Gasteiger partial charge in [-0.15, -0.1) is 11.3 Å². The van der Waals surface area contributed by atoms with Crippen molar-refractivity contribution >= 4 is 27.3 Å². The minimum Gasteiger partial charge on any atom is -0.295 e. The first kappa shape index (κ1) is 10.3. The number of nitrogens with zero attached hydrogens (tertiary/aromatic N) is 1. The van der Waals surface area contributed by atoms with Crippen LogP contribution in [-0.2, 0) is 6.54 Å². The highest BCUT2D eigenvalue weighted by atomic mass is 79.9. The first-order chi connectivity index (χ1) is 7.34. The lowest BCUT2D eigenvalue weighted by Gasteiger charge is -2.23. The van der Waals surface area contributed by atoms with E-state index in [-0.39, 0.29) is 0 Å². The first-order valence-electron chi connectivity index (χ1n) is 5.80. The molecule has 1 saturated heterocycles. The maximum Gasteiger partial charge on any atom is 0.0342 e. The number of hydrogen-bond donors (Lipinski definition) is 0. The molecule has 1 aromatic rings. The summed E-state index contributed by atoms with van der Waals surface area (Å²) in [7, 11) is 0. The van der Waals surface area contributed by atoms with Crippen LogP contribution in [0.5, 0.6) is 0 Å². The van der Waals surface area contributed by atoms with Crippen LogP contribution in [0.2, 0.25) is 0 Å². The highest BCUT2D eigenvalue weighted by Gasteiger charge is 2.37. The average Bonchev–Trinajstić information content (AvgIpc) is 2.86. The van der Waals surface area contributed by atoms with Gasteiger partial charge in [0, 0.05) is 21.9 Å². The molecule has 2 unspecified atom stereocenters. The second kappa shape index (κ2) is 4.19. The Morgan fingerprint density at radius 2 is 2.33 bits per heavy atom. The molecule has 2 fully saturated rings. The van der Waals surface area contributed by atoms with Crippen LogP contribution in [0, 0.1) is 5.92 Å². The molecule has 1 aliphatic carbocycles. The van der Waals surface area contributed by atoms with Gasteiger partial charge in [0.15, 0.2) is 0 Å². The summed E-state index contributed by atoms with van der Waals surface area (Å²) in [5.74, 6) is 1.02. The van der Waals surface area contributed by atoms with E-state index in [1.165, 1.54) is 48.1 Å². The number of thiophene rings is 1. The van der Waals surface area contributed by atoms with E-state index in [1.807, 2.05) is 11.3 Å². The topological polar surface area (TPSA) is 3.24 Å². The van der Waals surface area contributed by atoms with Crippen LogP contribution >= 0.6 is 27.3 Å². The zero-order chi connectivity index (χ0) is 10.3. The van der Waals surface area contributed by atoms with Gasteiger partial charge >= 0.3 is 0 Å². The largest absolute Gasteiger partial charge is 0.295 e. The van der Waals surface area contributed by atoms with Gasteiger partial charge in [-0.05, 0) is 59.1 Å². The maximum atomic E-state index is 3.63. The maximum absolute atomic E-state index is 3.63. The third-order valence-electron chi connectivity index (χ3n) is 3.91. The van der Waals surface area contributed by atoms with Gasteiger partial charge in [-0.25, -0.2) is 0 Å². The Morgan fingerprint density at radius 3 is 3.13 bits per heavy atom. The van der Waals surface area contributed by atoms with E-state index in [1.54, 1.807) is 0 Å². The first-order valence-corrected chi connectivity index (χ1v) is 7.48. The molecule has 82 valence electrons. The van der Waals surface area contributed by atoms with Crippen LogP contribution in [0.15, 0.2) is 15.9 Å². The fraction of sp³-hybridized carbons (Fsp3) is 0.667. The summed E-state index contributed by atoms with van der Waals surface area (Å²) in [6.45, 7) is 2.49. The van der Waals surface area contributed by atoms with E-state index in [9.17, 15) is 0 Å². The monoisotopic (exact) mass is 285 g/mol. The third kappa shape index (κ3) is 1.90. The van der Waals surface area contributed by atoms with Gasteiger partial charge in [-0.3, -0.25) is 4.90 Å². The zero-order valence-electron chi connectivity index (χ0n) is 8.79. The van der Waals surface area contributed by atoms with Crippen molar-refractivity contribution in [1.82, 2.24) is 4.90 Å². The van der Waals surface area contributed by atoms with Gasteiger partial charge in [-0.2, -0.15) is 0 Å². The van der Waals surface area contributed by atoms with Crippen molar-refractivity contribution in [3.05, 3.63) is 20.8 Å². The van der Waals surface area contributed by atoms with Crippen molar-refractivity contribution in [1.29, 1.82) is 0 Å². The predicted molar refractivity (Wildman–Crippen MR) is 68.2 cm³/mol. The van der Waals surface area contributed by atoms with Gasteiger partial charge in [0.25, 0.3) is 0 Å². The number of hydrogen-bond acceptors (Lipinski definition) is 2. The minimum absolute atomic E-state index is 0.902. The molecule has 0 radical (unpaired) electrons. The highest BCUT2D eigenvalue weighted by Crippen LogP contribution is 2.39. The molecular weight excluding hydrogens is 270 g/mol. The third-order valence-corrected chi connectivity index (χ3v) is 5.82. The fourth-order valence-electron chi connectivity index (χ4n) is 3.15. The molecule has 0 bridgehead atoms. The van der Waals surface area contributed by atoms with Crippen LogP contribution in [0.1, 0.15) is 30.6 Å². The minimum atomic E-state index is 0.902. The summed E-state index contributed by atoms with van der Waals surface area (Å²) < 4.78 is 1.30. The molecule has 1 aromatic heterocycles. The summed E-state index contributed by atoms with van der Waals surface area (Å²) in [5.41, 5.74) is 0. The van der Waals surface area contributed by atoms with Crippen LogP contribution in [0.3, 0.4) is 0 Å². The van der Waals surface area contributed by atoms with Crippen molar-refractivity contribution in [3.63, 3.8) is 0 Å². The Balaban J connectivity index is 1.71. The number of fused-ring (bicyclic) bond motifs is 1. The fourth-order valence-corrected chi connectivity index (χ4v) is 4.65. The van der Waals surface area contributed by atoms with Crippen molar-refractivity contribution in [2.24, 2.45) is 5.92 Å². The predicted octanol–water partition coefficient (Wildman–Crippen LogP) is 3.89. The standard InChI is InChI=1S/C12H16BrNS/c13-10-5-7-15-12(10)8-14-6-4-9-2-1-3-11(9)14/h5,7,9,11H,1-4,6,8H2. The van der Waals surface area contributed by atoms with Crippen molar-refractivity contribution < 1.29 is 0 Å². The molecule has 2 atom stereocenters. The Bertz CT molecular complexity index is 349. The molecule has 15 heavy (non-hydrogen) atoms. The van der Waals surface area contributed by atoms with Gasteiger partial charge in [0.2, 0.25) is 0 Å². The van der Waals surface area contributed by atoms with Crippen LogP contribution < -0.4 is 0 Å². The van der Waals surface area contributed by atoms with E-state index in [0.29, 0.717) is 0 Å². The molecule has 3 rings (SSSR count). The van der Waals surface area contributed by atoms with Crippen LogP contribution in [-0.4, -0.2) is 17.5 Å². The second-order valence-corrected chi connectivity index (χ2v) is 6.56. The number of likely N-dealkylation sites (tertiary alicyclic amines) is 1. The normalized spacial score (nSPS) is 31.0. The highest BCUT2D eigenvalue weighted by molar-refractivity contribution is 9.10. The molecule has 0 amide bonds. The van der Waals surface area contributed by atoms with Gasteiger partial charge in [0.1, 0.15) is 0 Å². The van der Waals surface area contributed by atoms with Gasteiger partial charge in [0.05, 0.1) is 0 Å². The van der Waals surface area contributed by atoms with E-state index in [2.05, 4.69) is 32.3 Å². The van der Waals surface area contributed by atoms with Gasteiger partial charge in [-0.1, -0.05) is 6.42 Å². The molecule has 3 heteroatoms. The van der Waals surface area contributed by atoms with Crippen LogP contribution in [0.4, 0.5) is 0 Å². The van der Waals surface area contributed by atoms with E-state index < -0.39 is 0 Å². The molecular formula is C12H16BrNS. The number of rotatable bonds is 2. The Labute approximate surface area is 104 Å². The van der Waals surface area contributed by atoms with Crippen molar-refractivity contribution in [3.8, 4) is 0 Å². The quantitative estimate of drug-likeness (QED) is 0.797. The number of halogens is 1. The van der Waals surface area contributed by atoms with Crippen molar-refractivity contribution in [2.75, 3.05) is 6.54 Å². The molecule has 0 spiro atoms. The molecule has 1 nitrogen and oxygen atoms in total. The lowest BCUT2D eigenvalue weighted by molar-refractivity contribution is 0.234. The lowest BCUT2D eigenvalue weighted by Crippen LogP contribution is -2.29. The molecule has 1 aliphatic heterocycles. The zero-order valence-corrected chi connectivity index (χ0v) is 11.2. The van der Waals surface area contributed by atoms with E-state index in [4.69, 9.17) is 0 Å². The average molecular weight is 286 g/mol. The lowest BCUT2D eigenvalue weighted by atomic mass is 10.0. The Kier molecular flexibility index (Phi) is 2.88. The Hall–Kier alpha value is 0.140.